The van der Waals surface area contributed by atoms with Crippen LogP contribution in [0.4, 0.5) is 0 Å². The van der Waals surface area contributed by atoms with Gasteiger partial charge in [0.15, 0.2) is 11.0 Å². The molecule has 0 aromatic heterocycles. The molecule has 0 radical (unpaired) electrons. The number of rotatable bonds is 4. The number of nitrogens with one attached hydrogen (secondary N) is 2. The number of ketones is 1. The molecule has 1 aliphatic heterocycles. The number of ether oxygens (including phenoxy) is 1. The molecule has 1 aromatic carbocycles. The summed E-state index contributed by atoms with van der Waals surface area (Å²) >= 11 is 1.08. The summed E-state index contributed by atoms with van der Waals surface area (Å²) in [6.45, 7) is 0. The van der Waals surface area contributed by atoms with Crippen molar-refractivity contribution in [3.05, 3.63) is 29.8 Å². The van der Waals surface area contributed by atoms with Crippen molar-refractivity contribution in [3.63, 3.8) is 0 Å². The molecular formula is C12H13ClN2O3S. The lowest BCUT2D eigenvalue weighted by Crippen LogP contribution is -2.26. The first-order chi connectivity index (χ1) is 8.60. The minimum atomic E-state index is -0.493. The quantitative estimate of drug-likeness (QED) is 0.832. The number of benzene rings is 1. The van der Waals surface area contributed by atoms with Gasteiger partial charge in [0.2, 0.25) is 5.91 Å². The predicted octanol–water partition coefficient (Wildman–Crippen LogP) is 1.86. The van der Waals surface area contributed by atoms with E-state index in [-0.39, 0.29) is 35.7 Å². The van der Waals surface area contributed by atoms with E-state index in [9.17, 15) is 9.59 Å². The Morgan fingerprint density at radius 2 is 2.05 bits per heavy atom. The van der Waals surface area contributed by atoms with Crippen LogP contribution in [0.3, 0.4) is 0 Å². The average molecular weight is 301 g/mol. The molecule has 0 bridgehead atoms. The Kier molecular flexibility index (Phi) is 5.38. The van der Waals surface area contributed by atoms with E-state index in [1.165, 1.54) is 0 Å². The lowest BCUT2D eigenvalue weighted by molar-refractivity contribution is -0.118. The minimum absolute atomic E-state index is 0. The van der Waals surface area contributed by atoms with Gasteiger partial charge in [0.25, 0.3) is 0 Å². The first kappa shape index (κ1) is 15.5. The topological polar surface area (TPSA) is 79.2 Å². The summed E-state index contributed by atoms with van der Waals surface area (Å²) in [4.78, 5) is 23.4. The maximum atomic E-state index is 11.9. The second-order valence-corrected chi connectivity index (χ2v) is 4.99. The first-order valence-corrected chi connectivity index (χ1v) is 6.21. The molecule has 1 aromatic rings. The largest absolute Gasteiger partial charge is 0.497 e. The summed E-state index contributed by atoms with van der Waals surface area (Å²) in [7, 11) is 1.56. The van der Waals surface area contributed by atoms with Gasteiger partial charge in [-0.2, -0.15) is 0 Å². The lowest BCUT2D eigenvalue weighted by Gasteiger charge is -2.05. The number of carbonyl (C=O) groups excluding carboxylic acids is 2. The van der Waals surface area contributed by atoms with E-state index in [1.807, 2.05) is 0 Å². The highest BCUT2D eigenvalue weighted by Gasteiger charge is 2.31. The van der Waals surface area contributed by atoms with E-state index in [4.69, 9.17) is 10.1 Å². The van der Waals surface area contributed by atoms with Gasteiger partial charge < -0.3 is 10.1 Å². The number of hydrogen-bond acceptors (Lipinski definition) is 5. The Morgan fingerprint density at radius 3 is 2.53 bits per heavy atom. The van der Waals surface area contributed by atoms with Gasteiger partial charge in [-0.15, -0.1) is 12.4 Å². The number of carbonyl (C=O) groups is 2. The number of methoxy groups -OCH3 is 1. The van der Waals surface area contributed by atoms with Crippen LogP contribution in [-0.4, -0.2) is 29.2 Å². The third-order valence-electron chi connectivity index (χ3n) is 2.57. The summed E-state index contributed by atoms with van der Waals surface area (Å²) in [6, 6.07) is 6.75. The molecule has 7 heteroatoms. The van der Waals surface area contributed by atoms with Crippen molar-refractivity contribution in [2.75, 3.05) is 7.11 Å². The van der Waals surface area contributed by atoms with Crippen molar-refractivity contribution in [1.82, 2.24) is 5.32 Å². The molecule has 5 nitrogen and oxygen atoms in total. The van der Waals surface area contributed by atoms with Crippen LogP contribution in [0.2, 0.25) is 0 Å². The Labute approximate surface area is 121 Å². The van der Waals surface area contributed by atoms with Gasteiger partial charge in [0.05, 0.1) is 12.4 Å². The van der Waals surface area contributed by atoms with Crippen molar-refractivity contribution in [3.8, 4) is 5.75 Å². The second-order valence-electron chi connectivity index (χ2n) is 3.78. The third kappa shape index (κ3) is 3.71. The molecule has 1 heterocycles. The van der Waals surface area contributed by atoms with E-state index < -0.39 is 5.25 Å². The Bertz CT molecular complexity index is 504. The normalized spacial score (nSPS) is 17.6. The fourth-order valence-corrected chi connectivity index (χ4v) is 2.46. The van der Waals surface area contributed by atoms with Gasteiger partial charge in [-0.25, -0.2) is 0 Å². The number of halogens is 1. The Hall–Kier alpha value is -1.53. The fraction of sp³-hybridized carbons (Fsp3) is 0.250. The zero-order valence-electron chi connectivity index (χ0n) is 10.1. The highest BCUT2D eigenvalue weighted by atomic mass is 35.5. The van der Waals surface area contributed by atoms with Crippen LogP contribution < -0.4 is 10.1 Å². The SMILES string of the molecule is COc1ccc(C(=O)CC2SC(=N)NC2=O)cc1.Cl. The molecule has 19 heavy (non-hydrogen) atoms. The van der Waals surface area contributed by atoms with Gasteiger partial charge in [0.1, 0.15) is 5.75 Å². The van der Waals surface area contributed by atoms with Gasteiger partial charge >= 0.3 is 0 Å². The molecule has 0 saturated carbocycles. The molecule has 1 amide bonds. The Balaban J connectivity index is 0.00000180. The average Bonchev–Trinajstić information content (AvgIpc) is 2.68. The molecule has 1 aliphatic rings. The fourth-order valence-electron chi connectivity index (χ4n) is 1.62. The van der Waals surface area contributed by atoms with Gasteiger partial charge in [-0.05, 0) is 24.3 Å². The summed E-state index contributed by atoms with van der Waals surface area (Å²) < 4.78 is 5.01. The van der Waals surface area contributed by atoms with Crippen molar-refractivity contribution in [2.24, 2.45) is 0 Å². The van der Waals surface area contributed by atoms with Crippen LogP contribution in [0.15, 0.2) is 24.3 Å². The summed E-state index contributed by atoms with van der Waals surface area (Å²) in [5.74, 6) is 0.299. The predicted molar refractivity (Wildman–Crippen MR) is 76.4 cm³/mol. The zero-order valence-corrected chi connectivity index (χ0v) is 11.8. The smallest absolute Gasteiger partial charge is 0.239 e. The van der Waals surface area contributed by atoms with Crippen molar-refractivity contribution < 1.29 is 14.3 Å². The van der Waals surface area contributed by atoms with E-state index in [2.05, 4.69) is 5.32 Å². The van der Waals surface area contributed by atoms with Gasteiger partial charge in [-0.1, -0.05) is 11.8 Å². The minimum Gasteiger partial charge on any atom is -0.497 e. The van der Waals surface area contributed by atoms with E-state index in [0.29, 0.717) is 11.3 Å². The molecule has 1 saturated heterocycles. The van der Waals surface area contributed by atoms with E-state index >= 15 is 0 Å². The number of Topliss-reactive ketones (excluding diaryl/α,β-unsaturated/α-hetero) is 1. The zero-order chi connectivity index (χ0) is 13.1. The van der Waals surface area contributed by atoms with E-state index in [1.54, 1.807) is 31.4 Å². The highest BCUT2D eigenvalue weighted by Crippen LogP contribution is 2.23. The van der Waals surface area contributed by atoms with Crippen LogP contribution >= 0.6 is 24.2 Å². The molecular weight excluding hydrogens is 288 g/mol. The van der Waals surface area contributed by atoms with Gasteiger partial charge in [-0.3, -0.25) is 15.0 Å². The van der Waals surface area contributed by atoms with Crippen LogP contribution in [0, 0.1) is 5.41 Å². The monoisotopic (exact) mass is 300 g/mol. The maximum absolute atomic E-state index is 11.9. The molecule has 0 aliphatic carbocycles. The summed E-state index contributed by atoms with van der Waals surface area (Å²) in [5.41, 5.74) is 0.544. The number of hydrogen-bond donors (Lipinski definition) is 2. The molecule has 1 fully saturated rings. The summed E-state index contributed by atoms with van der Waals surface area (Å²) in [6.07, 6.45) is 0.102. The number of amides is 1. The van der Waals surface area contributed by atoms with Crippen molar-refractivity contribution >= 4 is 41.0 Å². The molecule has 2 N–H and O–H groups in total. The van der Waals surface area contributed by atoms with Crippen molar-refractivity contribution in [1.29, 1.82) is 5.41 Å². The molecule has 2 rings (SSSR count). The van der Waals surface area contributed by atoms with E-state index in [0.717, 1.165) is 11.8 Å². The van der Waals surface area contributed by atoms with Crippen LogP contribution in [0.25, 0.3) is 0 Å². The number of thioether (sulfide) groups is 1. The van der Waals surface area contributed by atoms with Crippen molar-refractivity contribution in [2.45, 2.75) is 11.7 Å². The second kappa shape index (κ2) is 6.58. The highest BCUT2D eigenvalue weighted by molar-refractivity contribution is 8.15. The molecule has 102 valence electrons. The van der Waals surface area contributed by atoms with Crippen LogP contribution in [0.1, 0.15) is 16.8 Å². The third-order valence-corrected chi connectivity index (χ3v) is 3.58. The molecule has 1 unspecified atom stereocenters. The maximum Gasteiger partial charge on any atom is 0.239 e. The van der Waals surface area contributed by atoms with Crippen LogP contribution in [-0.2, 0) is 4.79 Å². The standard InChI is InChI=1S/C12H12N2O3S.ClH/c1-17-8-4-2-7(3-5-8)9(15)6-10-11(16)14-12(13)18-10;/h2-5,10H,6H2,1H3,(H2,13,14,16);1H. The van der Waals surface area contributed by atoms with Gasteiger partial charge in [0, 0.05) is 12.0 Å². The summed E-state index contributed by atoms with van der Waals surface area (Å²) in [5, 5.41) is 9.30. The lowest BCUT2D eigenvalue weighted by atomic mass is 10.1. The van der Waals surface area contributed by atoms with Crippen LogP contribution in [0.5, 0.6) is 5.75 Å². The number of amidine groups is 1. The first-order valence-electron chi connectivity index (χ1n) is 5.33. The molecule has 0 spiro atoms. The Morgan fingerprint density at radius 1 is 1.42 bits per heavy atom. The molecule has 1 atom stereocenters.